The van der Waals surface area contributed by atoms with Gasteiger partial charge < -0.3 is 0 Å². The SMILES string of the molecule is Cc1c[c]([Sn]([CH3])([CH3])[CH3])ncn1. The van der Waals surface area contributed by atoms with Crippen molar-refractivity contribution in [2.75, 3.05) is 0 Å². The fourth-order valence-electron chi connectivity index (χ4n) is 0.865. The summed E-state index contributed by atoms with van der Waals surface area (Å²) in [6.07, 6.45) is 1.67. The summed E-state index contributed by atoms with van der Waals surface area (Å²) in [5.74, 6) is 0. The summed E-state index contributed by atoms with van der Waals surface area (Å²) in [4.78, 5) is 15.4. The molecule has 0 bridgehead atoms. The van der Waals surface area contributed by atoms with Gasteiger partial charge in [-0.1, -0.05) is 0 Å². The Bertz CT molecular complexity index is 253. The van der Waals surface area contributed by atoms with Gasteiger partial charge in [0.1, 0.15) is 0 Å². The average molecular weight is 257 g/mol. The van der Waals surface area contributed by atoms with Crippen LogP contribution in [-0.4, -0.2) is 28.3 Å². The van der Waals surface area contributed by atoms with Crippen molar-refractivity contribution in [2.24, 2.45) is 0 Å². The van der Waals surface area contributed by atoms with Crippen LogP contribution >= 0.6 is 0 Å². The topological polar surface area (TPSA) is 25.8 Å². The van der Waals surface area contributed by atoms with E-state index in [-0.39, 0.29) is 0 Å². The van der Waals surface area contributed by atoms with Crippen LogP contribution in [0.5, 0.6) is 0 Å². The fraction of sp³-hybridized carbons (Fsp3) is 0.500. The number of hydrogen-bond donors (Lipinski definition) is 0. The quantitative estimate of drug-likeness (QED) is 0.709. The van der Waals surface area contributed by atoms with Crippen LogP contribution in [0.1, 0.15) is 5.69 Å². The monoisotopic (exact) mass is 258 g/mol. The molecule has 11 heavy (non-hydrogen) atoms. The minimum absolute atomic E-state index is 1.08. The molecule has 0 amide bonds. The predicted octanol–water partition coefficient (Wildman–Crippen LogP) is 1.33. The Labute approximate surface area is 71.9 Å². The minimum atomic E-state index is -1.91. The van der Waals surface area contributed by atoms with Crippen molar-refractivity contribution >= 4 is 22.1 Å². The molecule has 0 aliphatic rings. The van der Waals surface area contributed by atoms with Crippen molar-refractivity contribution in [3.63, 3.8) is 0 Å². The van der Waals surface area contributed by atoms with Crippen LogP contribution in [0.25, 0.3) is 0 Å². The van der Waals surface area contributed by atoms with E-state index in [9.17, 15) is 0 Å². The third-order valence-electron chi connectivity index (χ3n) is 1.57. The molecule has 0 N–H and O–H groups in total. The van der Waals surface area contributed by atoms with Gasteiger partial charge in [-0.15, -0.1) is 0 Å². The van der Waals surface area contributed by atoms with Gasteiger partial charge in [0.25, 0.3) is 0 Å². The standard InChI is InChI=1S/C5H5N2.3CH3.Sn/c1-5-2-3-6-4-7-5;;;;/h2,4H,1H3;3*1H3;. The molecule has 1 heterocycles. The number of nitrogens with zero attached hydrogens (tertiary/aromatic N) is 2. The first-order chi connectivity index (χ1) is 5.00. The van der Waals surface area contributed by atoms with Gasteiger partial charge in [-0.05, 0) is 0 Å². The van der Waals surface area contributed by atoms with Crippen LogP contribution in [0.4, 0.5) is 0 Å². The first-order valence-electron chi connectivity index (χ1n) is 3.79. The zero-order valence-electron chi connectivity index (χ0n) is 7.55. The third-order valence-corrected chi connectivity index (χ3v) is 6.74. The summed E-state index contributed by atoms with van der Waals surface area (Å²) in [6.45, 7) is 2.02. The summed E-state index contributed by atoms with van der Waals surface area (Å²) >= 11 is -1.91. The van der Waals surface area contributed by atoms with E-state index in [1.165, 1.54) is 3.71 Å². The van der Waals surface area contributed by atoms with Gasteiger partial charge in [-0.25, -0.2) is 0 Å². The summed E-state index contributed by atoms with van der Waals surface area (Å²) in [7, 11) is 0. The van der Waals surface area contributed by atoms with Crippen LogP contribution in [-0.2, 0) is 0 Å². The molecule has 0 unspecified atom stereocenters. The van der Waals surface area contributed by atoms with Crippen LogP contribution < -0.4 is 3.71 Å². The molecule has 0 radical (unpaired) electrons. The molecule has 0 aliphatic carbocycles. The molecule has 0 fully saturated rings. The van der Waals surface area contributed by atoms with E-state index in [2.05, 4.69) is 30.9 Å². The van der Waals surface area contributed by atoms with E-state index in [4.69, 9.17) is 0 Å². The second-order valence-electron chi connectivity index (χ2n) is 3.79. The maximum absolute atomic E-state index is 4.29. The summed E-state index contributed by atoms with van der Waals surface area (Å²) in [5.41, 5.74) is 1.08. The third kappa shape index (κ3) is 2.43. The van der Waals surface area contributed by atoms with E-state index < -0.39 is 18.4 Å². The van der Waals surface area contributed by atoms with Gasteiger partial charge >= 0.3 is 71.9 Å². The fourth-order valence-corrected chi connectivity index (χ4v) is 3.97. The second-order valence-corrected chi connectivity index (χ2v) is 18.1. The Morgan fingerprint density at radius 2 is 1.82 bits per heavy atom. The van der Waals surface area contributed by atoms with Crippen LogP contribution in [0.2, 0.25) is 14.8 Å². The number of hydrogen-bond acceptors (Lipinski definition) is 2. The van der Waals surface area contributed by atoms with Crippen molar-refractivity contribution in [1.82, 2.24) is 9.97 Å². The Hall–Kier alpha value is -0.121. The molecule has 0 aromatic carbocycles. The van der Waals surface area contributed by atoms with Gasteiger partial charge in [0.15, 0.2) is 0 Å². The van der Waals surface area contributed by atoms with Gasteiger partial charge in [-0.3, -0.25) is 0 Å². The average Bonchev–Trinajstić information content (AvgIpc) is 1.86. The summed E-state index contributed by atoms with van der Waals surface area (Å²) in [5, 5.41) is 0. The second kappa shape index (κ2) is 3.09. The number of aryl methyl sites for hydroxylation is 1. The van der Waals surface area contributed by atoms with Crippen LogP contribution in [0.3, 0.4) is 0 Å². The zero-order valence-corrected chi connectivity index (χ0v) is 10.4. The van der Waals surface area contributed by atoms with Gasteiger partial charge in [0, 0.05) is 0 Å². The first kappa shape index (κ1) is 8.97. The normalized spacial score (nSPS) is 11.6. The Morgan fingerprint density at radius 3 is 2.18 bits per heavy atom. The molecule has 0 aliphatic heterocycles. The van der Waals surface area contributed by atoms with Crippen LogP contribution in [0.15, 0.2) is 12.4 Å². The van der Waals surface area contributed by atoms with Gasteiger partial charge in [-0.2, -0.15) is 0 Å². The molecular formula is C8H14N2Sn. The molecule has 1 rings (SSSR count). The molecule has 0 atom stereocenters. The number of rotatable bonds is 1. The van der Waals surface area contributed by atoms with Crippen molar-refractivity contribution < 1.29 is 0 Å². The van der Waals surface area contributed by atoms with E-state index in [0.717, 1.165) is 5.69 Å². The van der Waals surface area contributed by atoms with Crippen molar-refractivity contribution in [3.05, 3.63) is 18.1 Å². The van der Waals surface area contributed by atoms with E-state index in [1.807, 2.05) is 6.92 Å². The maximum atomic E-state index is 4.29. The zero-order chi connectivity index (χ0) is 8.48. The van der Waals surface area contributed by atoms with E-state index in [0.29, 0.717) is 0 Å². The van der Waals surface area contributed by atoms with Gasteiger partial charge in [0.05, 0.1) is 0 Å². The summed E-state index contributed by atoms with van der Waals surface area (Å²) in [6, 6.07) is 2.12. The first-order valence-corrected chi connectivity index (χ1v) is 13.8. The molecule has 1 aromatic heterocycles. The molecular weight excluding hydrogens is 243 g/mol. The van der Waals surface area contributed by atoms with Crippen molar-refractivity contribution in [3.8, 4) is 0 Å². The molecule has 0 saturated heterocycles. The van der Waals surface area contributed by atoms with Gasteiger partial charge in [0.2, 0.25) is 0 Å². The molecule has 1 aromatic rings. The van der Waals surface area contributed by atoms with E-state index >= 15 is 0 Å². The van der Waals surface area contributed by atoms with E-state index in [1.54, 1.807) is 6.33 Å². The molecule has 2 nitrogen and oxygen atoms in total. The number of aromatic nitrogens is 2. The predicted molar refractivity (Wildman–Crippen MR) is 49.7 cm³/mol. The molecule has 60 valence electrons. The Morgan fingerprint density at radius 1 is 1.18 bits per heavy atom. The Balaban J connectivity index is 3.06. The van der Waals surface area contributed by atoms with Crippen molar-refractivity contribution in [2.45, 2.75) is 21.7 Å². The molecule has 0 spiro atoms. The van der Waals surface area contributed by atoms with Crippen molar-refractivity contribution in [1.29, 1.82) is 0 Å². The Kier molecular flexibility index (Phi) is 2.52. The molecule has 3 heteroatoms. The molecule has 0 saturated carbocycles. The van der Waals surface area contributed by atoms with Crippen LogP contribution in [0, 0.1) is 6.92 Å². The summed E-state index contributed by atoms with van der Waals surface area (Å²) < 4.78 is 1.31.